The van der Waals surface area contributed by atoms with Gasteiger partial charge in [-0.3, -0.25) is 0 Å². The molecule has 11 rings (SSSR count). The first-order valence-corrected chi connectivity index (χ1v) is 19.1. The van der Waals surface area contributed by atoms with Crippen molar-refractivity contribution < 1.29 is 0 Å². The molecular formula is C53H35N3. The number of aromatic nitrogens is 3. The molecule has 8 aromatic carbocycles. The minimum atomic E-state index is 0.962. The molecule has 0 spiro atoms. The Morgan fingerprint density at radius 3 is 1.46 bits per heavy atom. The Balaban J connectivity index is 1.05. The normalized spacial score (nSPS) is 11.6. The van der Waals surface area contributed by atoms with Crippen LogP contribution in [-0.4, -0.2) is 14.1 Å². The van der Waals surface area contributed by atoms with Gasteiger partial charge in [0.1, 0.15) is 0 Å². The summed E-state index contributed by atoms with van der Waals surface area (Å²) in [6.45, 7) is 0. The molecule has 0 aliphatic carbocycles. The van der Waals surface area contributed by atoms with Crippen LogP contribution in [0.15, 0.2) is 212 Å². The molecule has 56 heavy (non-hydrogen) atoms. The van der Waals surface area contributed by atoms with Crippen molar-refractivity contribution in [2.75, 3.05) is 0 Å². The van der Waals surface area contributed by atoms with E-state index in [2.05, 4.69) is 209 Å². The Morgan fingerprint density at radius 2 is 0.786 bits per heavy atom. The predicted molar refractivity (Wildman–Crippen MR) is 235 cm³/mol. The van der Waals surface area contributed by atoms with Gasteiger partial charge < -0.3 is 9.13 Å². The molecule has 0 aliphatic heterocycles. The molecule has 3 heterocycles. The fourth-order valence-electron chi connectivity index (χ4n) is 8.55. The molecule has 0 saturated heterocycles. The summed E-state index contributed by atoms with van der Waals surface area (Å²) in [5, 5.41) is 5.00. The number of benzene rings is 8. The highest BCUT2D eigenvalue weighted by atomic mass is 15.0. The maximum Gasteiger partial charge on any atom is 0.0715 e. The average molecular weight is 714 g/mol. The maximum absolute atomic E-state index is 5.10. The molecule has 262 valence electrons. The van der Waals surface area contributed by atoms with Gasteiger partial charge in [0, 0.05) is 44.0 Å². The van der Waals surface area contributed by atoms with Crippen LogP contribution in [-0.2, 0) is 0 Å². The van der Waals surface area contributed by atoms with E-state index in [0.717, 1.165) is 39.3 Å². The molecule has 0 bridgehead atoms. The molecule has 0 unspecified atom stereocenters. The largest absolute Gasteiger partial charge is 0.309 e. The van der Waals surface area contributed by atoms with Crippen LogP contribution in [0.1, 0.15) is 0 Å². The Hall–Kier alpha value is -7.49. The fourth-order valence-corrected chi connectivity index (χ4v) is 8.55. The number of para-hydroxylation sites is 3. The summed E-state index contributed by atoms with van der Waals surface area (Å²) >= 11 is 0. The molecule has 0 amide bonds. The van der Waals surface area contributed by atoms with Crippen molar-refractivity contribution in [1.82, 2.24) is 14.1 Å². The van der Waals surface area contributed by atoms with E-state index in [0.29, 0.717) is 0 Å². The molecule has 0 atom stereocenters. The van der Waals surface area contributed by atoms with Crippen LogP contribution in [0.4, 0.5) is 0 Å². The first-order valence-electron chi connectivity index (χ1n) is 19.1. The molecule has 3 nitrogen and oxygen atoms in total. The SMILES string of the molecule is c1ccc(-c2cc(-c3ccc(-n4c5ccccc5c5c(-c6ccc7c(c6)c6ccccc6n7-c6ccccc6)cccc54)cc3)cc(-c3ccccc3)n2)cc1. The van der Waals surface area contributed by atoms with Gasteiger partial charge in [0.05, 0.1) is 33.5 Å². The monoisotopic (exact) mass is 713 g/mol. The zero-order valence-electron chi connectivity index (χ0n) is 30.5. The lowest BCUT2D eigenvalue weighted by atomic mass is 9.98. The Morgan fingerprint density at radius 1 is 0.286 bits per heavy atom. The minimum Gasteiger partial charge on any atom is -0.309 e. The van der Waals surface area contributed by atoms with Crippen molar-refractivity contribution in [3.05, 3.63) is 212 Å². The zero-order valence-corrected chi connectivity index (χ0v) is 30.5. The quantitative estimate of drug-likeness (QED) is 0.168. The van der Waals surface area contributed by atoms with Gasteiger partial charge in [-0.25, -0.2) is 4.98 Å². The highest BCUT2D eigenvalue weighted by Gasteiger charge is 2.18. The summed E-state index contributed by atoms with van der Waals surface area (Å²) < 4.78 is 4.79. The summed E-state index contributed by atoms with van der Waals surface area (Å²) in [6.07, 6.45) is 0. The first kappa shape index (κ1) is 32.0. The Kier molecular flexibility index (Phi) is 7.49. The third-order valence-electron chi connectivity index (χ3n) is 11.1. The minimum absolute atomic E-state index is 0.962. The van der Waals surface area contributed by atoms with Gasteiger partial charge in [-0.15, -0.1) is 0 Å². The lowest BCUT2D eigenvalue weighted by molar-refractivity contribution is 1.18. The fraction of sp³-hybridized carbons (Fsp3) is 0. The Labute approximate surface area is 325 Å². The topological polar surface area (TPSA) is 22.8 Å². The van der Waals surface area contributed by atoms with Crippen molar-refractivity contribution in [2.45, 2.75) is 0 Å². The molecule has 0 N–H and O–H groups in total. The van der Waals surface area contributed by atoms with Crippen LogP contribution in [0.5, 0.6) is 0 Å². The van der Waals surface area contributed by atoms with Crippen LogP contribution in [0.25, 0.3) is 99.8 Å². The molecule has 0 radical (unpaired) electrons. The summed E-state index contributed by atoms with van der Waals surface area (Å²) in [5.41, 5.74) is 15.9. The standard InChI is InChI=1S/C53H35N3/c1-4-15-37(16-5-1)47-34-40(35-48(54-47)38-17-6-2-7-18-38)36-27-30-42(31-28-36)56-50-25-13-11-22-45(50)53-43(23-14-26-52(53)56)39-29-32-51-46(33-39)44-21-10-12-24-49(44)55(51)41-19-8-3-9-20-41/h1-35H. The van der Waals surface area contributed by atoms with E-state index < -0.39 is 0 Å². The number of rotatable bonds is 6. The van der Waals surface area contributed by atoms with Gasteiger partial charge in [0.2, 0.25) is 0 Å². The molecular weight excluding hydrogens is 679 g/mol. The van der Waals surface area contributed by atoms with Crippen molar-refractivity contribution in [1.29, 1.82) is 0 Å². The van der Waals surface area contributed by atoms with Gasteiger partial charge in [0.25, 0.3) is 0 Å². The van der Waals surface area contributed by atoms with E-state index in [1.165, 1.54) is 60.4 Å². The van der Waals surface area contributed by atoms with E-state index in [1.54, 1.807) is 0 Å². The number of hydrogen-bond acceptors (Lipinski definition) is 1. The molecule has 0 aliphatic rings. The summed E-state index contributed by atoms with van der Waals surface area (Å²) in [4.78, 5) is 5.10. The Bertz CT molecular complexity index is 3150. The van der Waals surface area contributed by atoms with E-state index in [9.17, 15) is 0 Å². The van der Waals surface area contributed by atoms with Crippen LogP contribution in [0, 0.1) is 0 Å². The van der Waals surface area contributed by atoms with E-state index in [-0.39, 0.29) is 0 Å². The summed E-state index contributed by atoms with van der Waals surface area (Å²) in [7, 11) is 0. The third-order valence-corrected chi connectivity index (χ3v) is 11.1. The highest BCUT2D eigenvalue weighted by molar-refractivity contribution is 6.17. The van der Waals surface area contributed by atoms with Crippen molar-refractivity contribution in [3.8, 4) is 56.1 Å². The first-order chi connectivity index (χ1) is 27.8. The van der Waals surface area contributed by atoms with Gasteiger partial charge >= 0.3 is 0 Å². The van der Waals surface area contributed by atoms with Crippen LogP contribution < -0.4 is 0 Å². The lowest BCUT2D eigenvalue weighted by Gasteiger charge is -2.12. The lowest BCUT2D eigenvalue weighted by Crippen LogP contribution is -1.94. The predicted octanol–water partition coefficient (Wildman–Crippen LogP) is 13.9. The average Bonchev–Trinajstić information content (AvgIpc) is 3.80. The van der Waals surface area contributed by atoms with Crippen LogP contribution in [0.2, 0.25) is 0 Å². The molecule has 11 aromatic rings. The second-order valence-corrected chi connectivity index (χ2v) is 14.4. The number of fused-ring (bicyclic) bond motifs is 6. The van der Waals surface area contributed by atoms with E-state index in [4.69, 9.17) is 4.98 Å². The molecule has 0 saturated carbocycles. The van der Waals surface area contributed by atoms with E-state index >= 15 is 0 Å². The number of hydrogen-bond donors (Lipinski definition) is 0. The third kappa shape index (κ3) is 5.25. The molecule has 0 fully saturated rings. The van der Waals surface area contributed by atoms with Crippen LogP contribution in [0.3, 0.4) is 0 Å². The van der Waals surface area contributed by atoms with Gasteiger partial charge in [-0.1, -0.05) is 146 Å². The van der Waals surface area contributed by atoms with Gasteiger partial charge in [-0.2, -0.15) is 0 Å². The smallest absolute Gasteiger partial charge is 0.0715 e. The summed E-state index contributed by atoms with van der Waals surface area (Å²) in [6, 6.07) is 76.2. The zero-order chi connectivity index (χ0) is 37.0. The highest BCUT2D eigenvalue weighted by Crippen LogP contribution is 2.41. The van der Waals surface area contributed by atoms with Crippen molar-refractivity contribution in [2.24, 2.45) is 0 Å². The van der Waals surface area contributed by atoms with Crippen LogP contribution >= 0.6 is 0 Å². The second-order valence-electron chi connectivity index (χ2n) is 14.4. The van der Waals surface area contributed by atoms with Crippen molar-refractivity contribution >= 4 is 43.6 Å². The number of pyridine rings is 1. The van der Waals surface area contributed by atoms with Crippen molar-refractivity contribution in [3.63, 3.8) is 0 Å². The van der Waals surface area contributed by atoms with Gasteiger partial charge in [-0.05, 0) is 89.0 Å². The second kappa shape index (κ2) is 13.1. The van der Waals surface area contributed by atoms with E-state index in [1.807, 2.05) is 12.1 Å². The van der Waals surface area contributed by atoms with Gasteiger partial charge in [0.15, 0.2) is 0 Å². The number of nitrogens with zero attached hydrogens (tertiary/aromatic N) is 3. The summed E-state index contributed by atoms with van der Waals surface area (Å²) in [5.74, 6) is 0. The molecule has 3 heteroatoms. The molecule has 3 aromatic heterocycles. The maximum atomic E-state index is 5.10.